The number of aliphatic hydroxyl groups excluding tert-OH is 1. The number of piperidine rings is 1. The number of phenols is 1. The van der Waals surface area contributed by atoms with E-state index in [4.69, 9.17) is 29.2 Å². The van der Waals surface area contributed by atoms with E-state index in [2.05, 4.69) is 62.5 Å². The molecule has 0 spiro atoms. The van der Waals surface area contributed by atoms with Crippen molar-refractivity contribution in [3.8, 4) is 45.2 Å². The highest BCUT2D eigenvalue weighted by atomic mass is 32.1. The molecule has 1 aromatic carbocycles. The topological polar surface area (TPSA) is 253 Å². The first-order chi connectivity index (χ1) is 38.7. The molecule has 1 saturated carbocycles. The number of aryl methyl sites for hydroxylation is 1. The zero-order chi connectivity index (χ0) is 55.8. The maximum absolute atomic E-state index is 15.5. The monoisotopic (exact) mass is 1120 g/mol. The van der Waals surface area contributed by atoms with E-state index in [9.17, 15) is 19.8 Å². The molecule has 5 aromatic heterocycles. The van der Waals surface area contributed by atoms with Crippen LogP contribution in [0.1, 0.15) is 94.7 Å². The van der Waals surface area contributed by atoms with E-state index >= 15 is 4.39 Å². The zero-order valence-electron chi connectivity index (χ0n) is 45.6. The maximum atomic E-state index is 15.5. The van der Waals surface area contributed by atoms with E-state index in [1.54, 1.807) is 37.6 Å². The molecule has 2 unspecified atom stereocenters. The van der Waals surface area contributed by atoms with Gasteiger partial charge in [0.05, 0.1) is 58.9 Å². The average Bonchev–Trinajstić information content (AvgIpc) is 4.30. The number of para-hydroxylation sites is 1. The number of methoxy groups -OCH3 is 1. The van der Waals surface area contributed by atoms with Crippen LogP contribution in [0.3, 0.4) is 0 Å². The number of piperazine rings is 1. The Balaban J connectivity index is 0.609. The van der Waals surface area contributed by atoms with Crippen molar-refractivity contribution in [2.75, 3.05) is 68.5 Å². The van der Waals surface area contributed by atoms with Gasteiger partial charge < -0.3 is 59.4 Å². The molecule has 23 heteroatoms. The normalized spacial score (nSPS) is 23.0. The Hall–Kier alpha value is -7.21. The van der Waals surface area contributed by atoms with Crippen molar-refractivity contribution in [1.29, 1.82) is 0 Å². The molecule has 21 nitrogen and oxygen atoms in total. The van der Waals surface area contributed by atoms with Crippen LogP contribution in [-0.4, -0.2) is 158 Å². The lowest BCUT2D eigenvalue weighted by atomic mass is 9.91. The lowest BCUT2D eigenvalue weighted by Gasteiger charge is -2.43. The number of pyridine rings is 2. The van der Waals surface area contributed by atoms with Crippen molar-refractivity contribution >= 4 is 40.3 Å². The lowest BCUT2D eigenvalue weighted by Crippen LogP contribution is -2.54. The van der Waals surface area contributed by atoms with Gasteiger partial charge in [0.15, 0.2) is 17.4 Å². The summed E-state index contributed by atoms with van der Waals surface area (Å²) < 4.78 is 45.7. The number of aliphatic hydroxyl groups is 1. The number of halogens is 1. The standard InChI is InChI=1S/C57H69FN12O9S/c1-31(2)51(57(74)69-29-37(71)21-46(69)55(73)62-32(3)42-24-43(58)52(63-56(42)75-5)53-33(4)61-30-80-53)48-26-50(66-79-48)76-19-18-67-16-13-38(14-17-67)77-39-22-40(23-39)78-49-20-34(12-15-60-49)70-35-10-11-36(70)28-68(27-35)45-25-44(64-65-54(45)59)41-8-6-7-9-47(41)72/h6-9,12,15,20,24-26,30-32,35-40,46,51,71-72H,10-11,13-14,16-19,21-23,27-29H2,1-5H3,(H2,59,65)(H,62,73)/t32-,35?,36?,37-,39?,40?,46+,51-/m1/s1. The highest BCUT2D eigenvalue weighted by Crippen LogP contribution is 2.41. The van der Waals surface area contributed by atoms with E-state index < -0.39 is 35.8 Å². The Morgan fingerprint density at radius 1 is 0.938 bits per heavy atom. The number of rotatable bonds is 19. The number of carbonyl (C=O) groups excluding carboxylic acids is 2. The van der Waals surface area contributed by atoms with Crippen LogP contribution in [0.15, 0.2) is 70.8 Å². The summed E-state index contributed by atoms with van der Waals surface area (Å²) in [5.41, 5.74) is 12.2. The number of nitrogens with zero attached hydrogens (tertiary/aromatic N) is 10. The smallest absolute Gasteiger partial charge is 0.254 e. The van der Waals surface area contributed by atoms with Gasteiger partial charge in [-0.15, -0.1) is 21.5 Å². The number of hydrogen-bond acceptors (Lipinski definition) is 20. The summed E-state index contributed by atoms with van der Waals surface area (Å²) in [6.45, 7) is 11.5. The summed E-state index contributed by atoms with van der Waals surface area (Å²) in [5.74, 6) is -0.678. The number of anilines is 3. The van der Waals surface area contributed by atoms with E-state index in [-0.39, 0.29) is 78.4 Å². The Morgan fingerprint density at radius 3 is 2.44 bits per heavy atom. The molecular formula is C57H69FN12O9S. The van der Waals surface area contributed by atoms with Crippen molar-refractivity contribution in [1.82, 2.24) is 45.4 Å². The number of ether oxygens (including phenoxy) is 4. The second kappa shape index (κ2) is 23.5. The van der Waals surface area contributed by atoms with Gasteiger partial charge >= 0.3 is 0 Å². The fourth-order valence-corrected chi connectivity index (χ4v) is 12.9. The third-order valence-corrected chi connectivity index (χ3v) is 17.2. The van der Waals surface area contributed by atoms with Gasteiger partial charge in [0.1, 0.15) is 36.1 Å². The number of nitrogen functional groups attached to an aromatic ring is 1. The van der Waals surface area contributed by atoms with Crippen LogP contribution in [-0.2, 0) is 14.3 Å². The van der Waals surface area contributed by atoms with E-state index in [1.165, 1.54) is 29.4 Å². The predicted octanol–water partition coefficient (Wildman–Crippen LogP) is 6.70. The molecule has 0 radical (unpaired) electrons. The zero-order valence-corrected chi connectivity index (χ0v) is 46.4. The molecule has 4 aliphatic heterocycles. The second-order valence-corrected chi connectivity index (χ2v) is 22.9. The molecule has 6 aromatic rings. The summed E-state index contributed by atoms with van der Waals surface area (Å²) in [6, 6.07) is 14.9. The first-order valence-corrected chi connectivity index (χ1v) is 28.5. The number of nitrogens with two attached hydrogens (primary N) is 1. The number of fused-ring (bicyclic) bond motifs is 2. The number of benzene rings is 1. The second-order valence-electron chi connectivity index (χ2n) is 22.0. The van der Waals surface area contributed by atoms with Gasteiger partial charge in [0.25, 0.3) is 5.88 Å². The van der Waals surface area contributed by atoms with Crippen LogP contribution < -0.4 is 35.1 Å². The molecule has 424 valence electrons. The molecule has 2 amide bonds. The number of β-amino-alcohol motifs (C(OH)–C–C–N with tert-alkyl or cyclic N) is 1. The summed E-state index contributed by atoms with van der Waals surface area (Å²) in [4.78, 5) is 50.5. The molecule has 6 atom stereocenters. The van der Waals surface area contributed by atoms with Crippen molar-refractivity contribution in [2.45, 2.75) is 127 Å². The van der Waals surface area contributed by atoms with Crippen molar-refractivity contribution < 1.29 is 47.7 Å². The Morgan fingerprint density at radius 2 is 1.71 bits per heavy atom. The quantitative estimate of drug-likeness (QED) is 0.0659. The SMILES string of the molecule is COc1nc(-c2scnc2C)c(F)cc1[C@@H](C)NC(=O)[C@@H]1C[C@@H](O)CN1C(=O)[C@@H](c1cc(OCCN2CCC(OC3CC(Oc4cc(N5C6CCC5CN(c5cc(-c7ccccc7O)nnc5N)C6)ccn4)C3)CC2)no1)C(C)C. The number of aromatic hydroxyl groups is 1. The molecule has 2 bridgehead atoms. The van der Waals surface area contributed by atoms with Crippen molar-refractivity contribution in [2.24, 2.45) is 5.92 Å². The molecule has 9 heterocycles. The molecule has 5 fully saturated rings. The molecule has 1 aliphatic carbocycles. The highest BCUT2D eigenvalue weighted by Gasteiger charge is 2.45. The minimum Gasteiger partial charge on any atom is -0.507 e. The number of amides is 2. The van der Waals surface area contributed by atoms with E-state index in [1.807, 2.05) is 38.2 Å². The Bertz CT molecular complexity index is 3160. The Labute approximate surface area is 467 Å². The number of carbonyl (C=O) groups is 2. The fraction of sp³-hybridized carbons (Fsp3) is 0.509. The number of aromatic nitrogens is 6. The largest absolute Gasteiger partial charge is 0.507 e. The molecule has 5 aliphatic rings. The molecular weight excluding hydrogens is 1050 g/mol. The van der Waals surface area contributed by atoms with Crippen LogP contribution >= 0.6 is 11.3 Å². The highest BCUT2D eigenvalue weighted by molar-refractivity contribution is 7.13. The first-order valence-electron chi connectivity index (χ1n) is 27.7. The summed E-state index contributed by atoms with van der Waals surface area (Å²) in [7, 11) is 1.42. The number of hydrogen-bond donors (Lipinski definition) is 4. The van der Waals surface area contributed by atoms with Crippen LogP contribution in [0.4, 0.5) is 21.6 Å². The molecule has 4 saturated heterocycles. The van der Waals surface area contributed by atoms with Gasteiger partial charge in [0, 0.05) is 106 Å². The average molecular weight is 1120 g/mol. The molecule has 5 N–H and O–H groups in total. The van der Waals surface area contributed by atoms with Crippen LogP contribution in [0.5, 0.6) is 23.4 Å². The Kier molecular flexibility index (Phi) is 16.1. The summed E-state index contributed by atoms with van der Waals surface area (Å²) in [5, 5.41) is 36.8. The molecule has 11 rings (SSSR count). The van der Waals surface area contributed by atoms with Gasteiger partial charge in [-0.25, -0.2) is 19.3 Å². The third kappa shape index (κ3) is 11.5. The van der Waals surface area contributed by atoms with E-state index in [0.717, 1.165) is 76.1 Å². The number of likely N-dealkylation sites (tertiary alicyclic amines) is 2. The third-order valence-electron chi connectivity index (χ3n) is 16.3. The number of thiazole rings is 1. The number of nitrogens with one attached hydrogen (secondary N) is 1. The van der Waals surface area contributed by atoms with Gasteiger partial charge in [0.2, 0.25) is 23.6 Å². The molecule has 80 heavy (non-hydrogen) atoms. The number of phenolic OH excluding ortho intramolecular Hbond substituents is 1. The van der Waals surface area contributed by atoms with Crippen LogP contribution in [0.2, 0.25) is 0 Å². The predicted molar refractivity (Wildman–Crippen MR) is 296 cm³/mol. The lowest BCUT2D eigenvalue weighted by molar-refractivity contribution is -0.141. The van der Waals surface area contributed by atoms with Crippen molar-refractivity contribution in [3.05, 3.63) is 89.1 Å². The first kappa shape index (κ1) is 54.7. The van der Waals surface area contributed by atoms with Gasteiger partial charge in [-0.1, -0.05) is 26.0 Å². The maximum Gasteiger partial charge on any atom is 0.254 e. The van der Waals surface area contributed by atoms with Crippen LogP contribution in [0, 0.1) is 18.7 Å². The van der Waals surface area contributed by atoms with Gasteiger partial charge in [-0.3, -0.25) is 14.5 Å². The minimum atomic E-state index is -0.993. The van der Waals surface area contributed by atoms with Crippen molar-refractivity contribution in [3.63, 3.8) is 0 Å². The summed E-state index contributed by atoms with van der Waals surface area (Å²) >= 11 is 1.27. The van der Waals surface area contributed by atoms with Crippen LogP contribution in [0.25, 0.3) is 21.8 Å². The summed E-state index contributed by atoms with van der Waals surface area (Å²) in [6.07, 6.45) is 6.84. The fourth-order valence-electron chi connectivity index (χ4n) is 12.1. The van der Waals surface area contributed by atoms with Gasteiger partial charge in [-0.05, 0) is 80.9 Å². The van der Waals surface area contributed by atoms with Gasteiger partial charge in [-0.2, -0.15) is 0 Å². The minimum absolute atomic E-state index is 0.0270. The van der Waals surface area contributed by atoms with E-state index in [0.29, 0.717) is 58.0 Å².